The number of rotatable bonds is 9. The summed E-state index contributed by atoms with van der Waals surface area (Å²) in [6, 6.07) is 15.7. The largest absolute Gasteiger partial charge is 0.493 e. The Bertz CT molecular complexity index is 1130. The predicted octanol–water partition coefficient (Wildman–Crippen LogP) is 5.05. The minimum absolute atomic E-state index is 0.102. The molecule has 1 aliphatic carbocycles. The van der Waals surface area contributed by atoms with Crippen molar-refractivity contribution < 1.29 is 23.5 Å². The van der Waals surface area contributed by atoms with Crippen molar-refractivity contribution in [2.24, 2.45) is 0 Å². The highest BCUT2D eigenvalue weighted by Gasteiger charge is 2.35. The summed E-state index contributed by atoms with van der Waals surface area (Å²) in [6.45, 7) is 2.24. The van der Waals surface area contributed by atoms with Gasteiger partial charge in [0.05, 0.1) is 20.5 Å². The SMILES string of the molecule is COc1ccc(C(C(=O)NC2CCCC2)N(Cc2ccc(C)cc2)C(=O)c2ccco2)cc1OC. The molecule has 35 heavy (non-hydrogen) atoms. The smallest absolute Gasteiger partial charge is 0.290 e. The molecule has 7 heteroatoms. The minimum atomic E-state index is -0.894. The number of aryl methyl sites for hydroxylation is 1. The summed E-state index contributed by atoms with van der Waals surface area (Å²) < 4.78 is 16.3. The summed E-state index contributed by atoms with van der Waals surface area (Å²) in [5.41, 5.74) is 2.66. The predicted molar refractivity (Wildman–Crippen MR) is 132 cm³/mol. The van der Waals surface area contributed by atoms with Gasteiger partial charge in [0.1, 0.15) is 6.04 Å². The molecular weight excluding hydrogens is 444 g/mol. The first-order chi connectivity index (χ1) is 17.0. The van der Waals surface area contributed by atoms with Crippen LogP contribution in [0.15, 0.2) is 65.3 Å². The van der Waals surface area contributed by atoms with E-state index in [0.717, 1.165) is 36.8 Å². The van der Waals surface area contributed by atoms with Gasteiger partial charge in [-0.2, -0.15) is 0 Å². The highest BCUT2D eigenvalue weighted by Crippen LogP contribution is 2.34. The lowest BCUT2D eigenvalue weighted by atomic mass is 10.0. The number of carbonyl (C=O) groups is 2. The number of ether oxygens (including phenoxy) is 2. The topological polar surface area (TPSA) is 81.0 Å². The number of hydrogen-bond donors (Lipinski definition) is 1. The summed E-state index contributed by atoms with van der Waals surface area (Å²) in [7, 11) is 3.11. The normalized spacial score (nSPS) is 14.4. The summed E-state index contributed by atoms with van der Waals surface area (Å²) in [6.07, 6.45) is 5.51. The van der Waals surface area contributed by atoms with Gasteiger partial charge in [-0.15, -0.1) is 0 Å². The summed E-state index contributed by atoms with van der Waals surface area (Å²) >= 11 is 0. The number of furan rings is 1. The van der Waals surface area contributed by atoms with Crippen molar-refractivity contribution in [3.63, 3.8) is 0 Å². The molecule has 2 amide bonds. The first-order valence-electron chi connectivity index (χ1n) is 11.9. The fraction of sp³-hybridized carbons (Fsp3) is 0.357. The van der Waals surface area contributed by atoms with E-state index in [9.17, 15) is 9.59 Å². The van der Waals surface area contributed by atoms with Crippen LogP contribution in [0.4, 0.5) is 0 Å². The Hall–Kier alpha value is -3.74. The molecule has 1 aliphatic rings. The lowest BCUT2D eigenvalue weighted by Crippen LogP contribution is -2.45. The first-order valence-corrected chi connectivity index (χ1v) is 11.9. The molecule has 1 saturated carbocycles. The zero-order valence-corrected chi connectivity index (χ0v) is 20.5. The Morgan fingerprint density at radius 3 is 2.37 bits per heavy atom. The number of methoxy groups -OCH3 is 2. The molecule has 0 bridgehead atoms. The Morgan fingerprint density at radius 2 is 1.74 bits per heavy atom. The zero-order chi connectivity index (χ0) is 24.8. The van der Waals surface area contributed by atoms with E-state index in [2.05, 4.69) is 5.32 Å². The van der Waals surface area contributed by atoms with Crippen molar-refractivity contribution in [2.45, 2.75) is 51.2 Å². The summed E-state index contributed by atoms with van der Waals surface area (Å²) in [5, 5.41) is 3.18. The standard InChI is InChI=1S/C28H32N2O5/c1-19-10-12-20(13-11-19)18-30(28(32)24-9-6-16-35-24)26(27(31)29-22-7-4-5-8-22)21-14-15-23(33-2)25(17-21)34-3/h6,9-17,22,26H,4-5,7-8,18H2,1-3H3,(H,29,31). The molecule has 1 fully saturated rings. The van der Waals surface area contributed by atoms with E-state index in [0.29, 0.717) is 17.1 Å². The van der Waals surface area contributed by atoms with Gasteiger partial charge in [0.15, 0.2) is 17.3 Å². The van der Waals surface area contributed by atoms with Gasteiger partial charge in [0.2, 0.25) is 5.91 Å². The fourth-order valence-corrected chi connectivity index (χ4v) is 4.56. The van der Waals surface area contributed by atoms with Crippen LogP contribution < -0.4 is 14.8 Å². The van der Waals surface area contributed by atoms with Gasteiger partial charge in [-0.1, -0.05) is 48.7 Å². The van der Waals surface area contributed by atoms with Crippen LogP contribution in [0.1, 0.15) is 59.0 Å². The maximum atomic E-state index is 13.8. The third-order valence-electron chi connectivity index (χ3n) is 6.45. The van der Waals surface area contributed by atoms with Crippen LogP contribution in [0, 0.1) is 6.92 Å². The molecule has 1 unspecified atom stereocenters. The van der Waals surface area contributed by atoms with E-state index in [-0.39, 0.29) is 30.2 Å². The molecule has 1 atom stereocenters. The second-order valence-electron chi connectivity index (χ2n) is 8.90. The van der Waals surface area contributed by atoms with Crippen molar-refractivity contribution in [3.05, 3.63) is 83.3 Å². The lowest BCUT2D eigenvalue weighted by molar-refractivity contribution is -0.126. The second-order valence-corrected chi connectivity index (χ2v) is 8.90. The highest BCUT2D eigenvalue weighted by atomic mass is 16.5. The molecule has 0 spiro atoms. The van der Waals surface area contributed by atoms with E-state index in [1.807, 2.05) is 31.2 Å². The lowest BCUT2D eigenvalue weighted by Gasteiger charge is -2.32. The number of carbonyl (C=O) groups excluding carboxylic acids is 2. The molecule has 1 aromatic heterocycles. The van der Waals surface area contributed by atoms with Crippen LogP contribution in [-0.4, -0.2) is 37.0 Å². The Labute approximate surface area is 206 Å². The van der Waals surface area contributed by atoms with Crippen molar-refractivity contribution in [2.75, 3.05) is 14.2 Å². The average molecular weight is 477 g/mol. The van der Waals surface area contributed by atoms with Crippen molar-refractivity contribution in [3.8, 4) is 11.5 Å². The van der Waals surface area contributed by atoms with Gasteiger partial charge >= 0.3 is 0 Å². The van der Waals surface area contributed by atoms with Crippen LogP contribution in [0.25, 0.3) is 0 Å². The maximum Gasteiger partial charge on any atom is 0.290 e. The van der Waals surface area contributed by atoms with Crippen LogP contribution in [0.3, 0.4) is 0 Å². The van der Waals surface area contributed by atoms with E-state index in [1.165, 1.54) is 6.26 Å². The van der Waals surface area contributed by atoms with Gasteiger partial charge in [-0.25, -0.2) is 0 Å². The number of benzene rings is 2. The zero-order valence-electron chi connectivity index (χ0n) is 20.5. The maximum absolute atomic E-state index is 13.8. The number of nitrogens with one attached hydrogen (secondary N) is 1. The van der Waals surface area contributed by atoms with Crippen LogP contribution in [0.5, 0.6) is 11.5 Å². The van der Waals surface area contributed by atoms with Crippen molar-refractivity contribution in [1.29, 1.82) is 0 Å². The van der Waals surface area contributed by atoms with Gasteiger partial charge in [0, 0.05) is 12.6 Å². The van der Waals surface area contributed by atoms with E-state index < -0.39 is 6.04 Å². The fourth-order valence-electron chi connectivity index (χ4n) is 4.56. The molecule has 0 radical (unpaired) electrons. The minimum Gasteiger partial charge on any atom is -0.493 e. The average Bonchev–Trinajstić information content (AvgIpc) is 3.59. The van der Waals surface area contributed by atoms with E-state index >= 15 is 0 Å². The molecule has 0 saturated heterocycles. The van der Waals surface area contributed by atoms with Crippen molar-refractivity contribution >= 4 is 11.8 Å². The molecule has 184 valence electrons. The number of hydrogen-bond acceptors (Lipinski definition) is 5. The van der Waals surface area contributed by atoms with Gasteiger partial charge < -0.3 is 24.1 Å². The third kappa shape index (κ3) is 5.67. The molecular formula is C28H32N2O5. The van der Waals surface area contributed by atoms with E-state index in [1.54, 1.807) is 49.5 Å². The molecule has 4 rings (SSSR count). The van der Waals surface area contributed by atoms with E-state index in [4.69, 9.17) is 13.9 Å². The molecule has 0 aliphatic heterocycles. The second kappa shape index (κ2) is 11.1. The van der Waals surface area contributed by atoms with Crippen molar-refractivity contribution in [1.82, 2.24) is 10.2 Å². The monoisotopic (exact) mass is 476 g/mol. The Kier molecular flexibility index (Phi) is 7.75. The molecule has 1 heterocycles. The Balaban J connectivity index is 1.78. The number of nitrogens with zero attached hydrogens (tertiary/aromatic N) is 1. The van der Waals surface area contributed by atoms with Gasteiger partial charge in [0.25, 0.3) is 5.91 Å². The molecule has 7 nitrogen and oxygen atoms in total. The van der Waals surface area contributed by atoms with Gasteiger partial charge in [-0.05, 0) is 55.2 Å². The molecule has 3 aromatic rings. The number of amides is 2. The highest BCUT2D eigenvalue weighted by molar-refractivity contribution is 5.96. The molecule has 1 N–H and O–H groups in total. The van der Waals surface area contributed by atoms with Gasteiger partial charge in [-0.3, -0.25) is 9.59 Å². The first kappa shape index (κ1) is 24.4. The third-order valence-corrected chi connectivity index (χ3v) is 6.45. The van der Waals surface area contributed by atoms with Crippen LogP contribution >= 0.6 is 0 Å². The summed E-state index contributed by atoms with van der Waals surface area (Å²) in [4.78, 5) is 29.1. The quantitative estimate of drug-likeness (QED) is 0.468. The molecule has 2 aromatic carbocycles. The van der Waals surface area contributed by atoms with Crippen LogP contribution in [0.2, 0.25) is 0 Å². The Morgan fingerprint density at radius 1 is 1.03 bits per heavy atom. The van der Waals surface area contributed by atoms with Crippen LogP contribution in [-0.2, 0) is 11.3 Å². The summed E-state index contributed by atoms with van der Waals surface area (Å²) in [5.74, 6) is 0.627.